The van der Waals surface area contributed by atoms with Crippen LogP contribution in [0.15, 0.2) is 89.8 Å². The first-order valence-corrected chi connectivity index (χ1v) is 10.6. The Morgan fingerprint density at radius 2 is 1.53 bits per heavy atom. The molecule has 2 N–H and O–H groups in total. The van der Waals surface area contributed by atoms with Gasteiger partial charge in [0.1, 0.15) is 0 Å². The first kappa shape index (κ1) is 21.1. The zero-order valence-corrected chi connectivity index (χ0v) is 17.1. The van der Waals surface area contributed by atoms with Gasteiger partial charge in [-0.1, -0.05) is 48.2 Å². The minimum Gasteiger partial charge on any atom is -0.322 e. The third kappa shape index (κ3) is 5.92. The van der Waals surface area contributed by atoms with Gasteiger partial charge in [-0.15, -0.1) is 0 Å². The van der Waals surface area contributed by atoms with Crippen LogP contribution in [0.3, 0.4) is 0 Å². The van der Waals surface area contributed by atoms with Gasteiger partial charge in [0.25, 0.3) is 0 Å². The highest BCUT2D eigenvalue weighted by atomic mass is 32.2. The molecule has 0 aliphatic heterocycles. The molecule has 3 aromatic carbocycles. The van der Waals surface area contributed by atoms with Crippen molar-refractivity contribution in [2.24, 2.45) is 0 Å². The topological polar surface area (TPSA) is 75.3 Å². The van der Waals surface area contributed by atoms with Crippen LogP contribution in [0.25, 0.3) is 6.08 Å². The number of carbonyl (C=O) groups excluding carboxylic acids is 1. The molecule has 0 atom stereocenters. The minimum absolute atomic E-state index is 0.167. The molecule has 0 aliphatic carbocycles. The molecule has 0 bridgehead atoms. The predicted octanol–water partition coefficient (Wildman–Crippen LogP) is 3.65. The first-order valence-electron chi connectivity index (χ1n) is 9.16. The summed E-state index contributed by atoms with van der Waals surface area (Å²) in [4.78, 5) is 12.4. The number of nitrogens with one attached hydrogen (secondary N) is 2. The second-order valence-corrected chi connectivity index (χ2v) is 8.18. The van der Waals surface area contributed by atoms with Gasteiger partial charge in [0.15, 0.2) is 0 Å². The fraction of sp³-hybridized carbons (Fsp3) is 0.0417. The van der Waals surface area contributed by atoms with E-state index in [9.17, 15) is 13.2 Å². The van der Waals surface area contributed by atoms with E-state index in [0.717, 1.165) is 11.1 Å². The SMILES string of the molecule is CNS(=O)(=O)c1ccc(/C=C/C(=O)Nc2cccc(C#Cc3ccccc3)c2)cc1. The molecular weight excluding hydrogens is 396 g/mol. The summed E-state index contributed by atoms with van der Waals surface area (Å²) in [5.41, 5.74) is 3.06. The number of rotatable bonds is 5. The molecule has 6 heteroatoms. The number of carbonyl (C=O) groups is 1. The van der Waals surface area contributed by atoms with Gasteiger partial charge < -0.3 is 5.32 Å². The molecule has 5 nitrogen and oxygen atoms in total. The zero-order valence-electron chi connectivity index (χ0n) is 16.3. The number of anilines is 1. The van der Waals surface area contributed by atoms with E-state index in [-0.39, 0.29) is 10.8 Å². The van der Waals surface area contributed by atoms with E-state index >= 15 is 0 Å². The van der Waals surface area contributed by atoms with Crippen molar-refractivity contribution in [3.63, 3.8) is 0 Å². The predicted molar refractivity (Wildman–Crippen MR) is 119 cm³/mol. The summed E-state index contributed by atoms with van der Waals surface area (Å²) in [6.45, 7) is 0. The Hall–Kier alpha value is -3.66. The maximum Gasteiger partial charge on any atom is 0.248 e. The van der Waals surface area contributed by atoms with Gasteiger partial charge in [-0.3, -0.25) is 4.79 Å². The molecule has 0 aromatic heterocycles. The van der Waals surface area contributed by atoms with Gasteiger partial charge in [-0.05, 0) is 61.2 Å². The van der Waals surface area contributed by atoms with Gasteiger partial charge in [0, 0.05) is 22.9 Å². The number of hydrogen-bond donors (Lipinski definition) is 2. The summed E-state index contributed by atoms with van der Waals surface area (Å²) in [6.07, 6.45) is 3.01. The quantitative estimate of drug-likeness (QED) is 0.493. The van der Waals surface area contributed by atoms with Crippen molar-refractivity contribution in [1.82, 2.24) is 4.72 Å². The third-order valence-electron chi connectivity index (χ3n) is 4.14. The normalized spacial score (nSPS) is 11.0. The summed E-state index contributed by atoms with van der Waals surface area (Å²) in [6, 6.07) is 23.2. The highest BCUT2D eigenvalue weighted by Crippen LogP contribution is 2.13. The van der Waals surface area contributed by atoms with Gasteiger partial charge in [-0.25, -0.2) is 13.1 Å². The molecule has 3 aromatic rings. The molecule has 0 saturated heterocycles. The van der Waals surface area contributed by atoms with E-state index in [2.05, 4.69) is 21.9 Å². The Labute approximate surface area is 176 Å². The Morgan fingerprint density at radius 1 is 0.867 bits per heavy atom. The average molecular weight is 417 g/mol. The number of amides is 1. The van der Waals surface area contributed by atoms with Crippen LogP contribution in [-0.2, 0) is 14.8 Å². The molecule has 0 aliphatic rings. The monoisotopic (exact) mass is 416 g/mol. The summed E-state index contributed by atoms with van der Waals surface area (Å²) in [5.74, 6) is 5.87. The summed E-state index contributed by atoms with van der Waals surface area (Å²) >= 11 is 0. The van der Waals surface area contributed by atoms with Gasteiger partial charge in [0.05, 0.1) is 4.90 Å². The van der Waals surface area contributed by atoms with E-state index < -0.39 is 10.0 Å². The second-order valence-electron chi connectivity index (χ2n) is 6.30. The smallest absolute Gasteiger partial charge is 0.248 e. The van der Waals surface area contributed by atoms with Crippen molar-refractivity contribution >= 4 is 27.7 Å². The van der Waals surface area contributed by atoms with Crippen molar-refractivity contribution in [2.45, 2.75) is 4.90 Å². The van der Waals surface area contributed by atoms with Crippen molar-refractivity contribution in [3.05, 3.63) is 102 Å². The molecule has 1 amide bonds. The summed E-state index contributed by atoms with van der Waals surface area (Å²) in [5, 5.41) is 2.80. The van der Waals surface area contributed by atoms with Crippen LogP contribution in [0.4, 0.5) is 5.69 Å². The van der Waals surface area contributed by atoms with Gasteiger partial charge in [-0.2, -0.15) is 0 Å². The molecule has 0 radical (unpaired) electrons. The van der Waals surface area contributed by atoms with Gasteiger partial charge in [0.2, 0.25) is 15.9 Å². The Bertz CT molecular complexity index is 1220. The van der Waals surface area contributed by atoms with E-state index in [1.165, 1.54) is 25.3 Å². The summed E-state index contributed by atoms with van der Waals surface area (Å²) in [7, 11) is -2.12. The highest BCUT2D eigenvalue weighted by molar-refractivity contribution is 7.89. The van der Waals surface area contributed by atoms with E-state index in [0.29, 0.717) is 11.3 Å². The molecule has 0 unspecified atom stereocenters. The molecule has 0 saturated carbocycles. The Balaban J connectivity index is 1.64. The lowest BCUT2D eigenvalue weighted by Crippen LogP contribution is -2.18. The van der Waals surface area contributed by atoms with Crippen molar-refractivity contribution in [2.75, 3.05) is 12.4 Å². The van der Waals surface area contributed by atoms with Crippen LogP contribution in [0.1, 0.15) is 16.7 Å². The highest BCUT2D eigenvalue weighted by Gasteiger charge is 2.09. The molecular formula is C24H20N2O3S. The Morgan fingerprint density at radius 3 is 2.23 bits per heavy atom. The lowest BCUT2D eigenvalue weighted by molar-refractivity contribution is -0.111. The third-order valence-corrected chi connectivity index (χ3v) is 5.57. The maximum absolute atomic E-state index is 12.2. The number of hydrogen-bond acceptors (Lipinski definition) is 3. The van der Waals surface area contributed by atoms with E-state index in [1.807, 2.05) is 42.5 Å². The first-order chi connectivity index (χ1) is 14.5. The Kier molecular flexibility index (Phi) is 6.81. The standard InChI is InChI=1S/C24H20N2O3S/c1-25-30(28,29)23-15-12-20(13-16-23)14-17-24(27)26-22-9-5-8-21(18-22)11-10-19-6-3-2-4-7-19/h2-9,12-18,25H,1H3,(H,26,27)/b17-14+. The second kappa shape index (κ2) is 9.70. The number of benzene rings is 3. The molecule has 30 heavy (non-hydrogen) atoms. The fourth-order valence-corrected chi connectivity index (χ4v) is 3.30. The molecule has 0 heterocycles. The lowest BCUT2D eigenvalue weighted by Gasteiger charge is -2.03. The zero-order chi connectivity index (χ0) is 21.4. The maximum atomic E-state index is 12.2. The number of sulfonamides is 1. The molecule has 150 valence electrons. The molecule has 0 fully saturated rings. The average Bonchev–Trinajstić information content (AvgIpc) is 2.77. The van der Waals surface area contributed by atoms with Crippen molar-refractivity contribution in [3.8, 4) is 11.8 Å². The fourth-order valence-electron chi connectivity index (χ4n) is 2.57. The van der Waals surface area contributed by atoms with Crippen LogP contribution in [0, 0.1) is 11.8 Å². The van der Waals surface area contributed by atoms with Crippen LogP contribution >= 0.6 is 0 Å². The molecule has 0 spiro atoms. The minimum atomic E-state index is -3.48. The van der Waals surface area contributed by atoms with E-state index in [1.54, 1.807) is 30.3 Å². The van der Waals surface area contributed by atoms with Gasteiger partial charge >= 0.3 is 0 Å². The van der Waals surface area contributed by atoms with Crippen LogP contribution in [0.2, 0.25) is 0 Å². The molecule has 3 rings (SSSR count). The van der Waals surface area contributed by atoms with Crippen molar-refractivity contribution in [1.29, 1.82) is 0 Å². The largest absolute Gasteiger partial charge is 0.322 e. The summed E-state index contributed by atoms with van der Waals surface area (Å²) < 4.78 is 25.7. The van der Waals surface area contributed by atoms with Crippen molar-refractivity contribution < 1.29 is 13.2 Å². The van der Waals surface area contributed by atoms with Crippen LogP contribution < -0.4 is 10.0 Å². The lowest BCUT2D eigenvalue weighted by atomic mass is 10.1. The van der Waals surface area contributed by atoms with E-state index in [4.69, 9.17) is 0 Å². The van der Waals surface area contributed by atoms with Crippen LogP contribution in [0.5, 0.6) is 0 Å². The van der Waals surface area contributed by atoms with Crippen LogP contribution in [-0.4, -0.2) is 21.4 Å².